The summed E-state index contributed by atoms with van der Waals surface area (Å²) in [6, 6.07) is 10.9. The van der Waals surface area contributed by atoms with Gasteiger partial charge in [-0.25, -0.2) is 4.79 Å². The van der Waals surface area contributed by atoms with Crippen LogP contribution < -0.4 is 4.90 Å². The van der Waals surface area contributed by atoms with Crippen LogP contribution in [0, 0.1) is 0 Å². The number of aromatic carboxylic acids is 1. The minimum atomic E-state index is -1.17. The summed E-state index contributed by atoms with van der Waals surface area (Å²) in [4.78, 5) is 26.0. The van der Waals surface area contributed by atoms with Crippen molar-refractivity contribution in [1.82, 2.24) is 0 Å². The molecule has 0 aliphatic rings. The van der Waals surface area contributed by atoms with Crippen molar-refractivity contribution in [3.05, 3.63) is 59.2 Å². The average molecular weight is 341 g/mol. The lowest BCUT2D eigenvalue weighted by molar-refractivity contribution is 0.0692. The van der Waals surface area contributed by atoms with Gasteiger partial charge < -0.3 is 15.1 Å². The molecule has 0 aliphatic carbocycles. The molecule has 0 radical (unpaired) electrons. The molecule has 0 unspecified atom stereocenters. The number of unbranched alkanes of at least 4 members (excludes halogenated alkanes) is 2. The quantitative estimate of drug-likeness (QED) is 0.561. The van der Waals surface area contributed by atoms with Gasteiger partial charge in [-0.05, 0) is 24.6 Å². The van der Waals surface area contributed by atoms with E-state index in [2.05, 4.69) is 6.92 Å². The molecule has 5 heteroatoms. The van der Waals surface area contributed by atoms with Gasteiger partial charge in [0.15, 0.2) is 5.78 Å². The maximum Gasteiger partial charge on any atom is 0.336 e. The summed E-state index contributed by atoms with van der Waals surface area (Å²) in [6.45, 7) is 3.00. The molecule has 0 saturated carbocycles. The van der Waals surface area contributed by atoms with Gasteiger partial charge in [0.25, 0.3) is 0 Å². The monoisotopic (exact) mass is 341 g/mol. The van der Waals surface area contributed by atoms with Crippen LogP contribution in [0.4, 0.5) is 5.69 Å². The number of nitrogens with zero attached hydrogens (tertiary/aromatic N) is 1. The zero-order valence-corrected chi connectivity index (χ0v) is 14.5. The fourth-order valence-electron chi connectivity index (χ4n) is 2.69. The molecule has 5 nitrogen and oxygen atoms in total. The van der Waals surface area contributed by atoms with Gasteiger partial charge in [-0.2, -0.15) is 0 Å². The molecule has 2 aromatic carbocycles. The van der Waals surface area contributed by atoms with Crippen LogP contribution in [-0.4, -0.2) is 35.6 Å². The van der Waals surface area contributed by atoms with E-state index in [9.17, 15) is 19.8 Å². The van der Waals surface area contributed by atoms with Crippen molar-refractivity contribution in [2.75, 3.05) is 18.5 Å². The van der Waals surface area contributed by atoms with Gasteiger partial charge in [0.05, 0.1) is 11.1 Å². The number of anilines is 1. The maximum atomic E-state index is 12.6. The van der Waals surface area contributed by atoms with Crippen molar-refractivity contribution in [2.45, 2.75) is 26.2 Å². The fourth-order valence-corrected chi connectivity index (χ4v) is 2.69. The normalized spacial score (nSPS) is 10.5. The van der Waals surface area contributed by atoms with Crippen LogP contribution in [0.15, 0.2) is 42.5 Å². The molecule has 0 heterocycles. The fraction of sp³-hybridized carbons (Fsp3) is 0.300. The number of hydrogen-bond donors (Lipinski definition) is 2. The third kappa shape index (κ3) is 4.38. The van der Waals surface area contributed by atoms with E-state index in [1.165, 1.54) is 12.1 Å². The highest BCUT2D eigenvalue weighted by Gasteiger charge is 2.20. The lowest BCUT2D eigenvalue weighted by Gasteiger charge is -2.20. The second-order valence-electron chi connectivity index (χ2n) is 6.01. The van der Waals surface area contributed by atoms with Crippen molar-refractivity contribution in [3.8, 4) is 5.75 Å². The molecule has 132 valence electrons. The van der Waals surface area contributed by atoms with Crippen LogP contribution in [-0.2, 0) is 0 Å². The number of rotatable bonds is 8. The molecular formula is C20H23NO4. The van der Waals surface area contributed by atoms with Crippen LogP contribution in [0.2, 0.25) is 0 Å². The number of carboxylic acids is 1. The van der Waals surface area contributed by atoms with E-state index in [-0.39, 0.29) is 22.4 Å². The summed E-state index contributed by atoms with van der Waals surface area (Å²) in [5.74, 6) is -1.82. The predicted molar refractivity (Wildman–Crippen MR) is 97.7 cm³/mol. The number of benzene rings is 2. The van der Waals surface area contributed by atoms with E-state index < -0.39 is 11.8 Å². The second kappa shape index (κ2) is 8.33. The van der Waals surface area contributed by atoms with Crippen molar-refractivity contribution in [1.29, 1.82) is 0 Å². The Labute approximate surface area is 147 Å². The van der Waals surface area contributed by atoms with Crippen LogP contribution in [0.3, 0.4) is 0 Å². The maximum absolute atomic E-state index is 12.6. The Hall–Kier alpha value is -2.82. The smallest absolute Gasteiger partial charge is 0.336 e. The van der Waals surface area contributed by atoms with Crippen LogP contribution in [0.1, 0.15) is 52.5 Å². The topological polar surface area (TPSA) is 77.8 Å². The first-order chi connectivity index (χ1) is 12.0. The Bertz CT molecular complexity index is 770. The average Bonchev–Trinajstić information content (AvgIpc) is 2.61. The Kier molecular flexibility index (Phi) is 6.17. The molecule has 25 heavy (non-hydrogen) atoms. The molecule has 0 saturated heterocycles. The van der Waals surface area contributed by atoms with E-state index in [4.69, 9.17) is 0 Å². The largest absolute Gasteiger partial charge is 0.507 e. The highest BCUT2D eigenvalue weighted by molar-refractivity contribution is 6.15. The summed E-state index contributed by atoms with van der Waals surface area (Å²) in [5.41, 5.74) is 0.901. The van der Waals surface area contributed by atoms with E-state index in [0.29, 0.717) is 0 Å². The van der Waals surface area contributed by atoms with Crippen molar-refractivity contribution >= 4 is 17.4 Å². The number of aromatic hydroxyl groups is 1. The zero-order chi connectivity index (χ0) is 18.4. The Morgan fingerprint density at radius 3 is 2.28 bits per heavy atom. The number of carboxylic acid groups (broad SMARTS) is 1. The van der Waals surface area contributed by atoms with Crippen molar-refractivity contribution in [3.63, 3.8) is 0 Å². The summed E-state index contributed by atoms with van der Waals surface area (Å²) >= 11 is 0. The van der Waals surface area contributed by atoms with Gasteiger partial charge in [-0.1, -0.05) is 38.0 Å². The van der Waals surface area contributed by atoms with E-state index in [1.807, 2.05) is 11.9 Å². The van der Waals surface area contributed by atoms with Crippen molar-refractivity contribution < 1.29 is 19.8 Å². The van der Waals surface area contributed by atoms with Crippen LogP contribution >= 0.6 is 0 Å². The Morgan fingerprint density at radius 1 is 1.00 bits per heavy atom. The molecule has 0 fully saturated rings. The minimum absolute atomic E-state index is 0.0642. The first kappa shape index (κ1) is 18.5. The van der Waals surface area contributed by atoms with Gasteiger partial charge in [-0.15, -0.1) is 0 Å². The summed E-state index contributed by atoms with van der Waals surface area (Å²) < 4.78 is 0. The number of ketones is 1. The highest BCUT2D eigenvalue weighted by Crippen LogP contribution is 2.27. The van der Waals surface area contributed by atoms with E-state index in [0.717, 1.165) is 31.5 Å². The first-order valence-corrected chi connectivity index (χ1v) is 8.37. The van der Waals surface area contributed by atoms with E-state index in [1.54, 1.807) is 30.3 Å². The molecular weight excluding hydrogens is 318 g/mol. The number of carbonyl (C=O) groups is 2. The van der Waals surface area contributed by atoms with Crippen LogP contribution in [0.25, 0.3) is 0 Å². The first-order valence-electron chi connectivity index (χ1n) is 8.37. The minimum Gasteiger partial charge on any atom is -0.507 e. The molecule has 0 amide bonds. The third-order valence-electron chi connectivity index (χ3n) is 4.17. The van der Waals surface area contributed by atoms with Gasteiger partial charge in [-0.3, -0.25) is 4.79 Å². The van der Waals surface area contributed by atoms with Crippen LogP contribution in [0.5, 0.6) is 5.75 Å². The number of phenols is 1. The van der Waals surface area contributed by atoms with E-state index >= 15 is 0 Å². The Balaban J connectivity index is 2.26. The third-order valence-corrected chi connectivity index (χ3v) is 4.17. The number of carbonyl (C=O) groups excluding carboxylic acids is 1. The lowest BCUT2D eigenvalue weighted by atomic mass is 9.97. The SMILES string of the molecule is CCCCCN(C)c1ccc(C(=O)c2ccccc2C(=O)O)c(O)c1. The zero-order valence-electron chi connectivity index (χ0n) is 14.5. The van der Waals surface area contributed by atoms with Gasteiger partial charge in [0.1, 0.15) is 5.75 Å². The summed E-state index contributed by atoms with van der Waals surface area (Å²) in [7, 11) is 1.94. The molecule has 0 spiro atoms. The van der Waals surface area contributed by atoms with Crippen molar-refractivity contribution in [2.24, 2.45) is 0 Å². The number of hydrogen-bond acceptors (Lipinski definition) is 4. The second-order valence-corrected chi connectivity index (χ2v) is 6.01. The standard InChI is InChI=1S/C20H23NO4/c1-3-4-7-12-21(2)14-10-11-17(18(22)13-14)19(23)15-8-5-6-9-16(15)20(24)25/h5-6,8-11,13,22H,3-4,7,12H2,1-2H3,(H,24,25). The molecule has 0 atom stereocenters. The summed E-state index contributed by atoms with van der Waals surface area (Å²) in [5, 5.41) is 19.5. The van der Waals surface area contributed by atoms with Gasteiger partial charge >= 0.3 is 5.97 Å². The Morgan fingerprint density at radius 2 is 1.68 bits per heavy atom. The highest BCUT2D eigenvalue weighted by atomic mass is 16.4. The molecule has 0 aliphatic heterocycles. The predicted octanol–water partition coefficient (Wildman–Crippen LogP) is 3.95. The molecule has 2 N–H and O–H groups in total. The molecule has 2 rings (SSSR count). The van der Waals surface area contributed by atoms with Gasteiger partial charge in [0, 0.05) is 30.9 Å². The van der Waals surface area contributed by atoms with Gasteiger partial charge in [0.2, 0.25) is 0 Å². The molecule has 0 aromatic heterocycles. The molecule has 2 aromatic rings. The molecule has 0 bridgehead atoms. The summed E-state index contributed by atoms with van der Waals surface area (Å²) in [6.07, 6.45) is 3.33. The number of phenolic OH excluding ortho intramolecular Hbond substituents is 1. The lowest BCUT2D eigenvalue weighted by Crippen LogP contribution is -2.18.